The summed E-state index contributed by atoms with van der Waals surface area (Å²) in [5.41, 5.74) is 2.59. The van der Waals surface area contributed by atoms with Gasteiger partial charge in [0, 0.05) is 11.8 Å². The number of hydrogen-bond donors (Lipinski definition) is 2. The molecule has 0 amide bonds. The van der Waals surface area contributed by atoms with Gasteiger partial charge >= 0.3 is 17.1 Å². The summed E-state index contributed by atoms with van der Waals surface area (Å²) in [4.78, 5) is 0. The minimum absolute atomic E-state index is 0. The fourth-order valence-electron chi connectivity index (χ4n) is 2.10. The maximum absolute atomic E-state index is 4.34. The van der Waals surface area contributed by atoms with Gasteiger partial charge in [-0.2, -0.15) is 25.3 Å². The molecule has 0 N–H and O–H groups in total. The van der Waals surface area contributed by atoms with Crippen LogP contribution in [0.4, 0.5) is 0 Å². The molecular weight excluding hydrogens is 348 g/mol. The Labute approximate surface area is 158 Å². The van der Waals surface area contributed by atoms with Crippen LogP contribution in [0.25, 0.3) is 0 Å². The first kappa shape index (κ1) is 20.5. The summed E-state index contributed by atoms with van der Waals surface area (Å²) in [6.45, 7) is 0. The molecule has 0 unspecified atom stereocenters. The molecule has 0 atom stereocenters. The van der Waals surface area contributed by atoms with Crippen molar-refractivity contribution in [2.75, 3.05) is 11.5 Å². The minimum atomic E-state index is 0. The Kier molecular flexibility index (Phi) is 11.1. The van der Waals surface area contributed by atoms with Crippen molar-refractivity contribution in [2.24, 2.45) is 0 Å². The molecule has 3 rings (SSSR count). The van der Waals surface area contributed by atoms with Gasteiger partial charge in [-0.05, 0) is 80.4 Å². The van der Waals surface area contributed by atoms with Crippen LogP contribution >= 0.6 is 25.3 Å². The molecule has 22 heavy (non-hydrogen) atoms. The van der Waals surface area contributed by atoms with E-state index in [2.05, 4.69) is 75.2 Å². The molecule has 2 aliphatic rings. The van der Waals surface area contributed by atoms with Crippen molar-refractivity contribution in [1.29, 1.82) is 0 Å². The van der Waals surface area contributed by atoms with Crippen LogP contribution in [0.15, 0.2) is 24.3 Å². The topological polar surface area (TPSA) is 0 Å². The third-order valence-corrected chi connectivity index (χ3v) is 4.26. The van der Waals surface area contributed by atoms with Crippen molar-refractivity contribution < 1.29 is 17.1 Å². The molecule has 0 heterocycles. The average molecular weight is 368 g/mol. The smallest absolute Gasteiger partial charge is 0.179 e. The van der Waals surface area contributed by atoms with E-state index in [1.807, 2.05) is 32.1 Å². The first-order chi connectivity index (χ1) is 10.3. The monoisotopic (exact) mass is 368 g/mol. The molecule has 10 radical (unpaired) electrons. The van der Waals surface area contributed by atoms with Crippen LogP contribution in [0.3, 0.4) is 0 Å². The van der Waals surface area contributed by atoms with Gasteiger partial charge in [-0.25, -0.2) is 0 Å². The second-order valence-electron chi connectivity index (χ2n) is 4.82. The van der Waals surface area contributed by atoms with Gasteiger partial charge in [-0.3, -0.25) is 0 Å². The zero-order chi connectivity index (χ0) is 14.9. The fraction of sp³-hybridized carbons (Fsp3) is 0.158. The third kappa shape index (κ3) is 6.51. The van der Waals surface area contributed by atoms with Crippen LogP contribution in [-0.4, -0.2) is 11.5 Å². The van der Waals surface area contributed by atoms with Crippen LogP contribution in [-0.2, 0) is 17.1 Å². The van der Waals surface area contributed by atoms with E-state index < -0.39 is 0 Å². The number of rotatable bonds is 4. The largest absolute Gasteiger partial charge is 2.00 e. The second kappa shape index (κ2) is 11.9. The third-order valence-electron chi connectivity index (χ3n) is 3.37. The Morgan fingerprint density at radius 1 is 0.682 bits per heavy atom. The SMILES string of the molecule is SCC(CS)c1ccc([C]2[CH][CH][CH][CH]2)cc1.[CH]1[CH][CH][CH][CH]1.[Fe+2]. The number of hydrogen-bond acceptors (Lipinski definition) is 2. The Hall–Kier alpha value is 0.439. The summed E-state index contributed by atoms with van der Waals surface area (Å²) in [5.74, 6) is 3.42. The standard InChI is InChI=1S/C14H15S2.C5H5.Fe/c15-9-14(10-16)13-7-5-12(6-8-13)11-3-1-2-4-11;1-2-4-5-3-1;/h1-8,14-16H,9-10H2;1-5H;/q;;+2. The predicted octanol–water partition coefficient (Wildman–Crippen LogP) is 4.40. The van der Waals surface area contributed by atoms with Crippen molar-refractivity contribution in [3.63, 3.8) is 0 Å². The zero-order valence-corrected chi connectivity index (χ0v) is 15.1. The van der Waals surface area contributed by atoms with Crippen molar-refractivity contribution in [3.05, 3.63) is 99.1 Å². The zero-order valence-electron chi connectivity index (χ0n) is 12.2. The normalized spacial score (nSPS) is 18.0. The van der Waals surface area contributed by atoms with Crippen LogP contribution in [0, 0.1) is 63.7 Å². The van der Waals surface area contributed by atoms with Gasteiger partial charge in [0.25, 0.3) is 0 Å². The summed E-state index contributed by atoms with van der Waals surface area (Å²) in [6.07, 6.45) is 18.4. The van der Waals surface area contributed by atoms with E-state index in [4.69, 9.17) is 0 Å². The molecule has 0 nitrogen and oxygen atoms in total. The van der Waals surface area contributed by atoms with Gasteiger partial charge in [-0.15, -0.1) is 0 Å². The maximum atomic E-state index is 4.34. The molecule has 114 valence electrons. The van der Waals surface area contributed by atoms with E-state index in [1.54, 1.807) is 0 Å². The van der Waals surface area contributed by atoms with Crippen molar-refractivity contribution >= 4 is 25.3 Å². The Morgan fingerprint density at radius 3 is 1.55 bits per heavy atom. The van der Waals surface area contributed by atoms with Gasteiger partial charge in [0.2, 0.25) is 0 Å². The van der Waals surface area contributed by atoms with Gasteiger partial charge < -0.3 is 0 Å². The number of benzene rings is 1. The van der Waals surface area contributed by atoms with Crippen LogP contribution < -0.4 is 0 Å². The van der Waals surface area contributed by atoms with Crippen molar-refractivity contribution in [3.8, 4) is 0 Å². The van der Waals surface area contributed by atoms with Crippen molar-refractivity contribution in [1.82, 2.24) is 0 Å². The van der Waals surface area contributed by atoms with E-state index >= 15 is 0 Å². The molecule has 1 aromatic carbocycles. The van der Waals surface area contributed by atoms with Gasteiger partial charge in [0.05, 0.1) is 0 Å². The molecule has 0 bridgehead atoms. The fourth-order valence-corrected chi connectivity index (χ4v) is 2.99. The molecule has 2 saturated carbocycles. The number of thiol groups is 2. The van der Waals surface area contributed by atoms with E-state index in [-0.39, 0.29) is 17.1 Å². The van der Waals surface area contributed by atoms with E-state index in [9.17, 15) is 0 Å². The Morgan fingerprint density at radius 2 is 1.14 bits per heavy atom. The average Bonchev–Trinajstić information content (AvgIpc) is 3.25. The van der Waals surface area contributed by atoms with Gasteiger partial charge in [-0.1, -0.05) is 24.3 Å². The summed E-state index contributed by atoms with van der Waals surface area (Å²) >= 11 is 8.69. The molecule has 0 aromatic heterocycles. The Bertz CT molecular complexity index is 348. The van der Waals surface area contributed by atoms with Gasteiger partial charge in [0.15, 0.2) is 0 Å². The van der Waals surface area contributed by atoms with E-state index in [0.717, 1.165) is 11.5 Å². The van der Waals surface area contributed by atoms with E-state index in [0.29, 0.717) is 5.92 Å². The molecule has 1 aromatic rings. The first-order valence-corrected chi connectivity index (χ1v) is 8.32. The predicted molar refractivity (Wildman–Crippen MR) is 97.9 cm³/mol. The van der Waals surface area contributed by atoms with Crippen LogP contribution in [0.2, 0.25) is 0 Å². The maximum Gasteiger partial charge on any atom is 2.00 e. The minimum Gasteiger partial charge on any atom is -0.179 e. The second-order valence-corrected chi connectivity index (χ2v) is 5.55. The first-order valence-electron chi connectivity index (χ1n) is 7.05. The van der Waals surface area contributed by atoms with Crippen LogP contribution in [0.1, 0.15) is 17.0 Å². The molecule has 3 heteroatoms. The van der Waals surface area contributed by atoms with Gasteiger partial charge in [0.1, 0.15) is 0 Å². The van der Waals surface area contributed by atoms with E-state index in [1.165, 1.54) is 17.0 Å². The van der Waals surface area contributed by atoms with Crippen LogP contribution in [0.5, 0.6) is 0 Å². The molecule has 0 spiro atoms. The Balaban J connectivity index is 0.000000344. The summed E-state index contributed by atoms with van der Waals surface area (Å²) < 4.78 is 0. The quantitative estimate of drug-likeness (QED) is 0.571. The molecule has 2 fully saturated rings. The summed E-state index contributed by atoms with van der Waals surface area (Å²) in [7, 11) is 0. The summed E-state index contributed by atoms with van der Waals surface area (Å²) in [6, 6.07) is 8.70. The molecule has 0 aliphatic heterocycles. The molecule has 0 saturated heterocycles. The van der Waals surface area contributed by atoms with Crippen molar-refractivity contribution in [2.45, 2.75) is 5.92 Å². The summed E-state index contributed by atoms with van der Waals surface area (Å²) in [5, 5.41) is 0. The molecular formula is C19H20FeS2+2. The molecule has 2 aliphatic carbocycles.